The van der Waals surface area contributed by atoms with Crippen molar-refractivity contribution in [3.05, 3.63) is 0 Å². The molecule has 0 amide bonds. The van der Waals surface area contributed by atoms with E-state index in [1.54, 1.807) is 0 Å². The molecule has 0 saturated carbocycles. The average molecular weight is 892 g/mol. The molecule has 0 spiro atoms. The highest BCUT2D eigenvalue weighted by atomic mass is 16.6. The SMILES string of the molecule is CCCCCCCCCCCCCCCCCCCC(=O)OC[C@H](COC(=O)CCCCCCCCCCCCCCCC(C)C)OC(=O)CCCCCCCCCCCC(C)C. The Labute approximate surface area is 393 Å². The third kappa shape index (κ3) is 51.3. The molecule has 0 fully saturated rings. The van der Waals surface area contributed by atoms with E-state index in [0.717, 1.165) is 69.6 Å². The molecule has 0 aromatic rings. The highest BCUT2D eigenvalue weighted by molar-refractivity contribution is 5.71. The van der Waals surface area contributed by atoms with Crippen LogP contribution in [0.25, 0.3) is 0 Å². The summed E-state index contributed by atoms with van der Waals surface area (Å²) in [6.45, 7) is 11.4. The van der Waals surface area contributed by atoms with Gasteiger partial charge in [0.1, 0.15) is 13.2 Å². The maximum Gasteiger partial charge on any atom is 0.306 e. The number of hydrogen-bond acceptors (Lipinski definition) is 6. The van der Waals surface area contributed by atoms with Gasteiger partial charge in [0.25, 0.3) is 0 Å². The van der Waals surface area contributed by atoms with Crippen molar-refractivity contribution in [3.8, 4) is 0 Å². The monoisotopic (exact) mass is 891 g/mol. The molecule has 0 heterocycles. The molecule has 1 atom stereocenters. The number of hydrogen-bond donors (Lipinski definition) is 0. The zero-order valence-electron chi connectivity index (χ0n) is 43.2. The van der Waals surface area contributed by atoms with E-state index in [9.17, 15) is 14.4 Å². The number of carbonyl (C=O) groups excluding carboxylic acids is 3. The van der Waals surface area contributed by atoms with Crippen molar-refractivity contribution in [2.75, 3.05) is 13.2 Å². The summed E-state index contributed by atoms with van der Waals surface area (Å²) in [6.07, 6.45) is 52.4. The van der Waals surface area contributed by atoms with Crippen LogP contribution in [0.5, 0.6) is 0 Å². The Hall–Kier alpha value is -1.59. The van der Waals surface area contributed by atoms with Crippen LogP contribution in [0, 0.1) is 11.8 Å². The quantitative estimate of drug-likeness (QED) is 0.0344. The van der Waals surface area contributed by atoms with Gasteiger partial charge in [-0.2, -0.15) is 0 Å². The van der Waals surface area contributed by atoms with Crippen LogP contribution >= 0.6 is 0 Å². The molecular formula is C57H110O6. The van der Waals surface area contributed by atoms with Crippen molar-refractivity contribution in [2.45, 2.75) is 323 Å². The summed E-state index contributed by atoms with van der Waals surface area (Å²) in [6, 6.07) is 0. The molecule has 374 valence electrons. The summed E-state index contributed by atoms with van der Waals surface area (Å²) in [5, 5.41) is 0. The van der Waals surface area contributed by atoms with Gasteiger partial charge < -0.3 is 14.2 Å². The van der Waals surface area contributed by atoms with Crippen molar-refractivity contribution < 1.29 is 28.6 Å². The van der Waals surface area contributed by atoms with Gasteiger partial charge in [0, 0.05) is 19.3 Å². The van der Waals surface area contributed by atoms with Gasteiger partial charge in [-0.05, 0) is 31.1 Å². The van der Waals surface area contributed by atoms with Crippen molar-refractivity contribution in [1.29, 1.82) is 0 Å². The number of esters is 3. The predicted octanol–water partition coefficient (Wildman–Crippen LogP) is 18.5. The first-order valence-electron chi connectivity index (χ1n) is 28.2. The standard InChI is InChI=1S/C57H110O6/c1-6-7-8-9-10-11-12-13-14-15-16-19-22-27-32-37-42-47-55(58)61-50-54(63-57(60)49-44-39-34-29-24-26-31-36-41-46-53(4)5)51-62-56(59)48-43-38-33-28-23-20-17-18-21-25-30-35-40-45-52(2)3/h52-54H,6-51H2,1-5H3/t54-/m1/s1. The summed E-state index contributed by atoms with van der Waals surface area (Å²) in [5.74, 6) is 0.803. The summed E-state index contributed by atoms with van der Waals surface area (Å²) in [5.41, 5.74) is 0. The Morgan fingerprint density at radius 2 is 0.524 bits per heavy atom. The largest absolute Gasteiger partial charge is 0.462 e. The molecule has 0 bridgehead atoms. The van der Waals surface area contributed by atoms with Crippen molar-refractivity contribution in [2.24, 2.45) is 11.8 Å². The number of ether oxygens (including phenoxy) is 3. The summed E-state index contributed by atoms with van der Waals surface area (Å²) < 4.78 is 16.9. The van der Waals surface area contributed by atoms with Gasteiger partial charge in [0.05, 0.1) is 0 Å². The van der Waals surface area contributed by atoms with Gasteiger partial charge in [-0.15, -0.1) is 0 Å². The van der Waals surface area contributed by atoms with Crippen LogP contribution in [0.3, 0.4) is 0 Å². The average Bonchev–Trinajstić information content (AvgIpc) is 3.25. The Bertz CT molecular complexity index is 962. The fourth-order valence-corrected chi connectivity index (χ4v) is 8.70. The smallest absolute Gasteiger partial charge is 0.306 e. The minimum absolute atomic E-state index is 0.0632. The van der Waals surface area contributed by atoms with Crippen LogP contribution in [-0.4, -0.2) is 37.2 Å². The molecule has 6 heteroatoms. The van der Waals surface area contributed by atoms with Gasteiger partial charge in [-0.1, -0.05) is 279 Å². The van der Waals surface area contributed by atoms with Crippen molar-refractivity contribution in [1.82, 2.24) is 0 Å². The first-order valence-corrected chi connectivity index (χ1v) is 28.2. The second-order valence-corrected chi connectivity index (χ2v) is 20.5. The molecular weight excluding hydrogens is 781 g/mol. The van der Waals surface area contributed by atoms with E-state index in [0.29, 0.717) is 19.3 Å². The molecule has 0 aliphatic heterocycles. The lowest BCUT2D eigenvalue weighted by atomic mass is 10.0. The molecule has 0 rings (SSSR count). The third-order valence-electron chi connectivity index (χ3n) is 13.0. The predicted molar refractivity (Wildman–Crippen MR) is 270 cm³/mol. The second kappa shape index (κ2) is 49.8. The second-order valence-electron chi connectivity index (χ2n) is 20.5. The number of carbonyl (C=O) groups is 3. The summed E-state index contributed by atoms with van der Waals surface area (Å²) in [7, 11) is 0. The molecule has 0 radical (unpaired) electrons. The molecule has 0 unspecified atom stereocenters. The van der Waals surface area contributed by atoms with Crippen LogP contribution in [0.2, 0.25) is 0 Å². The van der Waals surface area contributed by atoms with Gasteiger partial charge in [0.2, 0.25) is 0 Å². The van der Waals surface area contributed by atoms with E-state index in [1.807, 2.05) is 0 Å². The highest BCUT2D eigenvalue weighted by Crippen LogP contribution is 2.18. The molecule has 0 aromatic carbocycles. The van der Waals surface area contributed by atoms with Gasteiger partial charge in [-0.3, -0.25) is 14.4 Å². The lowest BCUT2D eigenvalue weighted by Gasteiger charge is -2.18. The normalized spacial score (nSPS) is 12.0. The van der Waals surface area contributed by atoms with E-state index < -0.39 is 6.10 Å². The van der Waals surface area contributed by atoms with E-state index in [2.05, 4.69) is 34.6 Å². The van der Waals surface area contributed by atoms with E-state index in [1.165, 1.54) is 205 Å². The van der Waals surface area contributed by atoms with E-state index in [4.69, 9.17) is 14.2 Å². The molecule has 0 aromatic heterocycles. The van der Waals surface area contributed by atoms with E-state index >= 15 is 0 Å². The zero-order valence-corrected chi connectivity index (χ0v) is 43.2. The number of rotatable bonds is 51. The Kier molecular flexibility index (Phi) is 48.6. The fourth-order valence-electron chi connectivity index (χ4n) is 8.70. The Morgan fingerprint density at radius 3 is 0.778 bits per heavy atom. The first-order chi connectivity index (χ1) is 30.7. The molecule has 0 N–H and O–H groups in total. The molecule has 0 aliphatic carbocycles. The van der Waals surface area contributed by atoms with Crippen LogP contribution < -0.4 is 0 Å². The molecule has 0 aliphatic rings. The van der Waals surface area contributed by atoms with Crippen LogP contribution in [-0.2, 0) is 28.6 Å². The topological polar surface area (TPSA) is 78.9 Å². The van der Waals surface area contributed by atoms with Gasteiger partial charge >= 0.3 is 17.9 Å². The fraction of sp³-hybridized carbons (Fsp3) is 0.947. The van der Waals surface area contributed by atoms with Crippen LogP contribution in [0.1, 0.15) is 317 Å². The van der Waals surface area contributed by atoms with E-state index in [-0.39, 0.29) is 31.1 Å². The molecule has 6 nitrogen and oxygen atoms in total. The maximum atomic E-state index is 12.8. The summed E-state index contributed by atoms with van der Waals surface area (Å²) in [4.78, 5) is 38.1. The minimum atomic E-state index is -0.762. The molecule has 0 saturated heterocycles. The lowest BCUT2D eigenvalue weighted by Crippen LogP contribution is -2.30. The third-order valence-corrected chi connectivity index (χ3v) is 13.0. The molecule has 63 heavy (non-hydrogen) atoms. The van der Waals surface area contributed by atoms with Crippen LogP contribution in [0.15, 0.2) is 0 Å². The van der Waals surface area contributed by atoms with Gasteiger partial charge in [-0.25, -0.2) is 0 Å². The highest BCUT2D eigenvalue weighted by Gasteiger charge is 2.19. The number of unbranched alkanes of at least 4 members (excludes halogenated alkanes) is 36. The Morgan fingerprint density at radius 1 is 0.302 bits per heavy atom. The lowest BCUT2D eigenvalue weighted by molar-refractivity contribution is -0.167. The van der Waals surface area contributed by atoms with Gasteiger partial charge in [0.15, 0.2) is 6.10 Å². The summed E-state index contributed by atoms with van der Waals surface area (Å²) >= 11 is 0. The zero-order chi connectivity index (χ0) is 46.1. The Balaban J connectivity index is 4.27. The van der Waals surface area contributed by atoms with Crippen LogP contribution in [0.4, 0.5) is 0 Å². The van der Waals surface area contributed by atoms with Crippen molar-refractivity contribution in [3.63, 3.8) is 0 Å². The van der Waals surface area contributed by atoms with Crippen molar-refractivity contribution >= 4 is 17.9 Å². The first kappa shape index (κ1) is 61.4. The minimum Gasteiger partial charge on any atom is -0.462 e. The maximum absolute atomic E-state index is 12.8.